The van der Waals surface area contributed by atoms with E-state index < -0.39 is 0 Å². The number of hydrogen-bond acceptors (Lipinski definition) is 6. The van der Waals surface area contributed by atoms with E-state index in [0.29, 0.717) is 36.5 Å². The van der Waals surface area contributed by atoms with Gasteiger partial charge in [-0.15, -0.1) is 0 Å². The third-order valence-corrected chi connectivity index (χ3v) is 5.76. The average molecular weight is 369 g/mol. The molecule has 0 aromatic carbocycles. The minimum Gasteiger partial charge on any atom is -0.356 e. The van der Waals surface area contributed by atoms with E-state index in [4.69, 9.17) is 4.52 Å². The molecular weight excluding hydrogens is 342 g/mol. The molecule has 2 saturated heterocycles. The fourth-order valence-electron chi connectivity index (χ4n) is 4.34. The van der Waals surface area contributed by atoms with Crippen molar-refractivity contribution in [3.05, 3.63) is 30.4 Å². The van der Waals surface area contributed by atoms with Gasteiger partial charge in [0.1, 0.15) is 0 Å². The minimum atomic E-state index is 0.0617. The highest BCUT2D eigenvalue weighted by molar-refractivity contribution is 5.76. The number of amides is 1. The summed E-state index contributed by atoms with van der Waals surface area (Å²) >= 11 is 0. The molecule has 0 aliphatic carbocycles. The molecular formula is C20H27N5O2. The van der Waals surface area contributed by atoms with Gasteiger partial charge in [0, 0.05) is 43.4 Å². The molecule has 0 saturated carbocycles. The summed E-state index contributed by atoms with van der Waals surface area (Å²) in [7, 11) is 0. The van der Waals surface area contributed by atoms with Gasteiger partial charge >= 0.3 is 0 Å². The summed E-state index contributed by atoms with van der Waals surface area (Å²) < 4.78 is 5.27. The van der Waals surface area contributed by atoms with Gasteiger partial charge in [0.15, 0.2) is 0 Å². The lowest BCUT2D eigenvalue weighted by molar-refractivity contribution is -0.121. The second-order valence-corrected chi connectivity index (χ2v) is 7.55. The largest absolute Gasteiger partial charge is 0.356 e. The highest BCUT2D eigenvalue weighted by Crippen LogP contribution is 2.30. The molecule has 0 radical (unpaired) electrons. The Labute approximate surface area is 159 Å². The van der Waals surface area contributed by atoms with Gasteiger partial charge in [-0.2, -0.15) is 4.98 Å². The molecule has 2 aromatic rings. The van der Waals surface area contributed by atoms with Gasteiger partial charge in [0.2, 0.25) is 17.6 Å². The van der Waals surface area contributed by atoms with Crippen molar-refractivity contribution in [2.24, 2.45) is 5.92 Å². The standard InChI is InChI=1S/C20H27N5O2/c26-18(22-14-16-4-3-13-25-12-2-1-5-17(16)25)6-7-19-23-20(24-27-19)15-8-10-21-11-9-15/h8-11,16-17H,1-7,12-14H2,(H,22,26). The molecule has 0 spiro atoms. The molecule has 144 valence electrons. The number of rotatable bonds is 6. The highest BCUT2D eigenvalue weighted by Gasteiger charge is 2.32. The maximum absolute atomic E-state index is 12.3. The molecule has 7 nitrogen and oxygen atoms in total. The molecule has 7 heteroatoms. The second kappa shape index (κ2) is 8.61. The molecule has 0 bridgehead atoms. The Hall–Kier alpha value is -2.28. The van der Waals surface area contributed by atoms with Crippen LogP contribution in [0.2, 0.25) is 0 Å². The van der Waals surface area contributed by atoms with E-state index in [1.807, 2.05) is 12.1 Å². The van der Waals surface area contributed by atoms with E-state index in [1.54, 1.807) is 12.4 Å². The van der Waals surface area contributed by atoms with E-state index in [9.17, 15) is 4.79 Å². The molecule has 2 unspecified atom stereocenters. The predicted molar refractivity (Wildman–Crippen MR) is 101 cm³/mol. The molecule has 2 atom stereocenters. The molecule has 4 rings (SSSR count). The summed E-state index contributed by atoms with van der Waals surface area (Å²) in [6.45, 7) is 3.24. The summed E-state index contributed by atoms with van der Waals surface area (Å²) in [5.74, 6) is 1.68. The number of fused-ring (bicyclic) bond motifs is 1. The third-order valence-electron chi connectivity index (χ3n) is 5.76. The van der Waals surface area contributed by atoms with Crippen molar-refractivity contribution in [3.8, 4) is 11.4 Å². The topological polar surface area (TPSA) is 84.1 Å². The number of aromatic nitrogens is 3. The summed E-state index contributed by atoms with van der Waals surface area (Å²) in [5.41, 5.74) is 0.860. The van der Waals surface area contributed by atoms with Crippen molar-refractivity contribution in [2.75, 3.05) is 19.6 Å². The first-order valence-electron chi connectivity index (χ1n) is 10.0. The van der Waals surface area contributed by atoms with Crippen molar-refractivity contribution in [1.82, 2.24) is 25.3 Å². The number of hydrogen-bond donors (Lipinski definition) is 1. The second-order valence-electron chi connectivity index (χ2n) is 7.55. The maximum atomic E-state index is 12.3. The first-order valence-corrected chi connectivity index (χ1v) is 10.0. The number of carbonyl (C=O) groups is 1. The number of pyridine rings is 1. The SMILES string of the molecule is O=C(CCc1nc(-c2ccncc2)no1)NCC1CCCN2CCCCC12. The number of piperidine rings is 2. The van der Waals surface area contributed by atoms with Crippen LogP contribution >= 0.6 is 0 Å². The van der Waals surface area contributed by atoms with Crippen LogP contribution in [-0.4, -0.2) is 51.6 Å². The Kier molecular flexibility index (Phi) is 5.77. The lowest BCUT2D eigenvalue weighted by Gasteiger charge is -2.44. The quantitative estimate of drug-likeness (QED) is 0.842. The Morgan fingerprint density at radius 1 is 1.19 bits per heavy atom. The number of carbonyl (C=O) groups excluding carboxylic acids is 1. The zero-order valence-corrected chi connectivity index (χ0v) is 15.6. The summed E-state index contributed by atoms with van der Waals surface area (Å²) in [6.07, 6.45) is 10.6. The van der Waals surface area contributed by atoms with E-state index >= 15 is 0 Å². The Morgan fingerprint density at radius 2 is 2.04 bits per heavy atom. The van der Waals surface area contributed by atoms with Crippen molar-refractivity contribution in [3.63, 3.8) is 0 Å². The predicted octanol–water partition coefficient (Wildman–Crippen LogP) is 2.44. The Bertz CT molecular complexity index is 746. The maximum Gasteiger partial charge on any atom is 0.227 e. The highest BCUT2D eigenvalue weighted by atomic mass is 16.5. The molecule has 4 heterocycles. The van der Waals surface area contributed by atoms with Gasteiger partial charge in [-0.05, 0) is 56.8 Å². The number of nitrogens with one attached hydrogen (secondary N) is 1. The molecule has 2 fully saturated rings. The van der Waals surface area contributed by atoms with Gasteiger partial charge in [-0.25, -0.2) is 0 Å². The van der Waals surface area contributed by atoms with Crippen molar-refractivity contribution in [1.29, 1.82) is 0 Å². The number of aryl methyl sites for hydroxylation is 1. The van der Waals surface area contributed by atoms with Crippen LogP contribution in [0.3, 0.4) is 0 Å². The zero-order chi connectivity index (χ0) is 18.5. The van der Waals surface area contributed by atoms with Crippen LogP contribution in [0.4, 0.5) is 0 Å². The molecule has 1 amide bonds. The molecule has 1 N–H and O–H groups in total. The van der Waals surface area contributed by atoms with Crippen molar-refractivity contribution < 1.29 is 9.32 Å². The van der Waals surface area contributed by atoms with Crippen LogP contribution in [0.25, 0.3) is 11.4 Å². The van der Waals surface area contributed by atoms with Gasteiger partial charge in [0.25, 0.3) is 0 Å². The molecule has 2 aliphatic heterocycles. The van der Waals surface area contributed by atoms with Crippen LogP contribution < -0.4 is 5.32 Å². The van der Waals surface area contributed by atoms with Crippen molar-refractivity contribution >= 4 is 5.91 Å². The van der Waals surface area contributed by atoms with E-state index in [2.05, 4.69) is 25.3 Å². The lowest BCUT2D eigenvalue weighted by atomic mass is 9.83. The molecule has 2 aromatic heterocycles. The third kappa shape index (κ3) is 4.53. The van der Waals surface area contributed by atoms with Crippen molar-refractivity contribution in [2.45, 2.75) is 51.0 Å². The summed E-state index contributed by atoms with van der Waals surface area (Å²) in [6, 6.07) is 4.33. The molecule has 2 aliphatic rings. The zero-order valence-electron chi connectivity index (χ0n) is 15.6. The van der Waals surface area contributed by atoms with Gasteiger partial charge in [-0.3, -0.25) is 9.78 Å². The van der Waals surface area contributed by atoms with E-state index in [-0.39, 0.29) is 5.91 Å². The fraction of sp³-hybridized carbons (Fsp3) is 0.600. The minimum absolute atomic E-state index is 0.0617. The lowest BCUT2D eigenvalue weighted by Crippen LogP contribution is -2.51. The van der Waals surface area contributed by atoms with Gasteiger partial charge in [-0.1, -0.05) is 11.6 Å². The van der Waals surface area contributed by atoms with Gasteiger partial charge < -0.3 is 14.7 Å². The Morgan fingerprint density at radius 3 is 2.93 bits per heavy atom. The fourth-order valence-corrected chi connectivity index (χ4v) is 4.34. The first-order chi connectivity index (χ1) is 13.3. The Balaban J connectivity index is 1.24. The van der Waals surface area contributed by atoms with Crippen LogP contribution in [0.15, 0.2) is 29.0 Å². The monoisotopic (exact) mass is 369 g/mol. The molecule has 27 heavy (non-hydrogen) atoms. The average Bonchev–Trinajstić information content (AvgIpc) is 3.20. The smallest absolute Gasteiger partial charge is 0.227 e. The normalized spacial score (nSPS) is 23.0. The van der Waals surface area contributed by atoms with Crippen LogP contribution in [0.5, 0.6) is 0 Å². The van der Waals surface area contributed by atoms with E-state index in [1.165, 1.54) is 45.2 Å². The van der Waals surface area contributed by atoms with Crippen LogP contribution in [-0.2, 0) is 11.2 Å². The first kappa shape index (κ1) is 18.1. The summed E-state index contributed by atoms with van der Waals surface area (Å²) in [4.78, 5) is 23.2. The number of nitrogens with zero attached hydrogens (tertiary/aromatic N) is 4. The van der Waals surface area contributed by atoms with Crippen LogP contribution in [0.1, 0.15) is 44.4 Å². The van der Waals surface area contributed by atoms with Crippen LogP contribution in [0, 0.1) is 5.92 Å². The van der Waals surface area contributed by atoms with E-state index in [0.717, 1.165) is 12.1 Å². The summed E-state index contributed by atoms with van der Waals surface area (Å²) in [5, 5.41) is 7.11. The van der Waals surface area contributed by atoms with Gasteiger partial charge in [0.05, 0.1) is 0 Å².